The van der Waals surface area contributed by atoms with E-state index in [-0.39, 0.29) is 5.91 Å². The van der Waals surface area contributed by atoms with Crippen LogP contribution < -0.4 is 10.2 Å². The smallest absolute Gasteiger partial charge is 0.241 e. The van der Waals surface area contributed by atoms with Gasteiger partial charge in [0.15, 0.2) is 0 Å². The van der Waals surface area contributed by atoms with Crippen molar-refractivity contribution in [1.29, 1.82) is 0 Å². The van der Waals surface area contributed by atoms with Crippen LogP contribution in [0.25, 0.3) is 0 Å². The first-order valence-electron chi connectivity index (χ1n) is 6.44. The van der Waals surface area contributed by atoms with Gasteiger partial charge in [-0.25, -0.2) is 9.97 Å². The second-order valence-corrected chi connectivity index (χ2v) is 4.74. The van der Waals surface area contributed by atoms with Gasteiger partial charge in [0.2, 0.25) is 5.91 Å². The fraction of sp³-hybridized carbons (Fsp3) is 0.615. The number of aromatic nitrogens is 2. The Morgan fingerprint density at radius 3 is 2.58 bits per heavy atom. The van der Waals surface area contributed by atoms with Crippen LogP contribution in [0, 0.1) is 6.92 Å². The molecule has 0 saturated heterocycles. The molecule has 0 unspecified atom stereocenters. The summed E-state index contributed by atoms with van der Waals surface area (Å²) < 4.78 is 0. The Bertz CT molecular complexity index is 433. The lowest BCUT2D eigenvalue weighted by atomic mass is 10.3. The molecule has 1 rings (SSSR count). The molecule has 6 nitrogen and oxygen atoms in total. The van der Waals surface area contributed by atoms with E-state index in [1.807, 2.05) is 18.9 Å². The maximum atomic E-state index is 11.7. The van der Waals surface area contributed by atoms with Crippen molar-refractivity contribution in [1.82, 2.24) is 14.9 Å². The van der Waals surface area contributed by atoms with Crippen molar-refractivity contribution in [2.45, 2.75) is 20.3 Å². The average Bonchev–Trinajstić information content (AvgIpc) is 2.37. The molecule has 0 fully saturated rings. The van der Waals surface area contributed by atoms with Crippen LogP contribution in [0.4, 0.5) is 11.6 Å². The van der Waals surface area contributed by atoms with Crippen LogP contribution in [-0.4, -0.2) is 55.0 Å². The van der Waals surface area contributed by atoms with Crippen molar-refractivity contribution in [3.63, 3.8) is 0 Å². The van der Waals surface area contributed by atoms with Crippen molar-refractivity contribution in [2.75, 3.05) is 44.4 Å². The SMILES string of the molecule is CCCNc1ncnc(N(C)CC(=O)N(C)C)c1C. The molecule has 0 aliphatic carbocycles. The van der Waals surface area contributed by atoms with Crippen LogP contribution >= 0.6 is 0 Å². The number of hydrogen-bond acceptors (Lipinski definition) is 5. The largest absolute Gasteiger partial charge is 0.370 e. The van der Waals surface area contributed by atoms with Gasteiger partial charge in [0.1, 0.15) is 18.0 Å². The molecule has 1 aromatic rings. The van der Waals surface area contributed by atoms with Crippen LogP contribution in [0.5, 0.6) is 0 Å². The molecule has 0 bridgehead atoms. The molecular formula is C13H23N5O. The highest BCUT2D eigenvalue weighted by atomic mass is 16.2. The third-order valence-electron chi connectivity index (χ3n) is 2.83. The molecule has 0 spiro atoms. The van der Waals surface area contributed by atoms with E-state index in [9.17, 15) is 4.79 Å². The van der Waals surface area contributed by atoms with Crippen LogP contribution in [0.3, 0.4) is 0 Å². The summed E-state index contributed by atoms with van der Waals surface area (Å²) in [5.74, 6) is 1.66. The topological polar surface area (TPSA) is 61.4 Å². The first kappa shape index (κ1) is 15.2. The van der Waals surface area contributed by atoms with Crippen LogP contribution in [0.15, 0.2) is 6.33 Å². The van der Waals surface area contributed by atoms with Crippen molar-refractivity contribution in [2.24, 2.45) is 0 Å². The van der Waals surface area contributed by atoms with E-state index in [4.69, 9.17) is 0 Å². The summed E-state index contributed by atoms with van der Waals surface area (Å²) in [6.45, 7) is 5.24. The van der Waals surface area contributed by atoms with E-state index in [1.165, 1.54) is 6.33 Å². The highest BCUT2D eigenvalue weighted by Crippen LogP contribution is 2.20. The van der Waals surface area contributed by atoms with Crippen molar-refractivity contribution < 1.29 is 4.79 Å². The van der Waals surface area contributed by atoms with Crippen LogP contribution in [0.1, 0.15) is 18.9 Å². The van der Waals surface area contributed by atoms with E-state index in [0.29, 0.717) is 6.54 Å². The van der Waals surface area contributed by atoms with Gasteiger partial charge in [0.05, 0.1) is 6.54 Å². The molecule has 1 amide bonds. The lowest BCUT2D eigenvalue weighted by Crippen LogP contribution is -2.35. The molecular weight excluding hydrogens is 242 g/mol. The number of rotatable bonds is 6. The van der Waals surface area contributed by atoms with Gasteiger partial charge in [-0.1, -0.05) is 6.92 Å². The van der Waals surface area contributed by atoms with Gasteiger partial charge in [-0.3, -0.25) is 4.79 Å². The van der Waals surface area contributed by atoms with Gasteiger partial charge >= 0.3 is 0 Å². The quantitative estimate of drug-likeness (QED) is 0.835. The van der Waals surface area contributed by atoms with Crippen LogP contribution in [-0.2, 0) is 4.79 Å². The van der Waals surface area contributed by atoms with Crippen molar-refractivity contribution in [3.05, 3.63) is 11.9 Å². The lowest BCUT2D eigenvalue weighted by Gasteiger charge is -2.22. The Kier molecular flexibility index (Phi) is 5.54. The first-order valence-corrected chi connectivity index (χ1v) is 6.44. The summed E-state index contributed by atoms with van der Waals surface area (Å²) in [6.07, 6.45) is 2.56. The highest BCUT2D eigenvalue weighted by Gasteiger charge is 2.14. The third kappa shape index (κ3) is 4.08. The number of hydrogen-bond donors (Lipinski definition) is 1. The van der Waals surface area contributed by atoms with Gasteiger partial charge in [0.25, 0.3) is 0 Å². The Labute approximate surface area is 114 Å². The van der Waals surface area contributed by atoms with Crippen molar-refractivity contribution >= 4 is 17.5 Å². The summed E-state index contributed by atoms with van der Waals surface area (Å²) in [5, 5.41) is 3.26. The van der Waals surface area contributed by atoms with Gasteiger partial charge < -0.3 is 15.1 Å². The summed E-state index contributed by atoms with van der Waals surface area (Å²) in [7, 11) is 5.36. The minimum Gasteiger partial charge on any atom is -0.370 e. The number of likely N-dealkylation sites (N-methyl/N-ethyl adjacent to an activating group) is 2. The summed E-state index contributed by atoms with van der Waals surface area (Å²) in [4.78, 5) is 23.6. The molecule has 6 heteroatoms. The zero-order valence-corrected chi connectivity index (χ0v) is 12.4. The minimum atomic E-state index is 0.0450. The monoisotopic (exact) mass is 265 g/mol. The molecule has 106 valence electrons. The summed E-state index contributed by atoms with van der Waals surface area (Å²) in [5.41, 5.74) is 0.963. The van der Waals surface area contributed by atoms with Gasteiger partial charge in [-0.15, -0.1) is 0 Å². The lowest BCUT2D eigenvalue weighted by molar-refractivity contribution is -0.127. The van der Waals surface area contributed by atoms with E-state index < -0.39 is 0 Å². The Hall–Kier alpha value is -1.85. The molecule has 1 aromatic heterocycles. The Morgan fingerprint density at radius 1 is 1.32 bits per heavy atom. The molecule has 0 aromatic carbocycles. The molecule has 0 aliphatic rings. The summed E-state index contributed by atoms with van der Waals surface area (Å²) >= 11 is 0. The molecule has 1 heterocycles. The van der Waals surface area contributed by atoms with E-state index in [1.54, 1.807) is 19.0 Å². The Balaban J connectivity index is 2.85. The fourth-order valence-corrected chi connectivity index (χ4v) is 1.67. The van der Waals surface area contributed by atoms with Crippen molar-refractivity contribution in [3.8, 4) is 0 Å². The second kappa shape index (κ2) is 6.92. The zero-order chi connectivity index (χ0) is 14.4. The van der Waals surface area contributed by atoms with Gasteiger partial charge in [-0.2, -0.15) is 0 Å². The Morgan fingerprint density at radius 2 is 2.00 bits per heavy atom. The number of anilines is 2. The fourth-order valence-electron chi connectivity index (χ4n) is 1.67. The third-order valence-corrected chi connectivity index (χ3v) is 2.83. The molecule has 0 radical (unpaired) electrons. The molecule has 0 atom stereocenters. The zero-order valence-electron chi connectivity index (χ0n) is 12.4. The van der Waals surface area contributed by atoms with E-state index >= 15 is 0 Å². The molecule has 0 aliphatic heterocycles. The summed E-state index contributed by atoms with van der Waals surface area (Å²) in [6, 6.07) is 0. The number of nitrogens with one attached hydrogen (secondary N) is 1. The second-order valence-electron chi connectivity index (χ2n) is 4.74. The van der Waals surface area contributed by atoms with Gasteiger partial charge in [-0.05, 0) is 13.3 Å². The molecule has 19 heavy (non-hydrogen) atoms. The predicted molar refractivity (Wildman–Crippen MR) is 77.5 cm³/mol. The highest BCUT2D eigenvalue weighted by molar-refractivity contribution is 5.81. The first-order chi connectivity index (χ1) is 8.97. The standard InChI is InChI=1S/C13H23N5O/c1-6-7-14-12-10(2)13(16-9-15-12)18(5)8-11(19)17(3)4/h9H,6-8H2,1-5H3,(H,14,15,16). The maximum absolute atomic E-state index is 11.7. The predicted octanol–water partition coefficient (Wildman–Crippen LogP) is 1.13. The molecule has 1 N–H and O–H groups in total. The average molecular weight is 265 g/mol. The number of amides is 1. The molecule has 0 saturated carbocycles. The normalized spacial score (nSPS) is 10.2. The number of carbonyl (C=O) groups excluding carboxylic acids is 1. The maximum Gasteiger partial charge on any atom is 0.241 e. The minimum absolute atomic E-state index is 0.0450. The van der Waals surface area contributed by atoms with E-state index in [2.05, 4.69) is 22.2 Å². The van der Waals surface area contributed by atoms with E-state index in [0.717, 1.165) is 30.2 Å². The number of nitrogens with zero attached hydrogens (tertiary/aromatic N) is 4. The number of carbonyl (C=O) groups is 1. The van der Waals surface area contributed by atoms with Crippen LogP contribution in [0.2, 0.25) is 0 Å². The van der Waals surface area contributed by atoms with Gasteiger partial charge in [0, 0.05) is 33.3 Å².